The van der Waals surface area contributed by atoms with E-state index in [9.17, 15) is 9.90 Å². The van der Waals surface area contributed by atoms with E-state index in [1.165, 1.54) is 13.2 Å². The fourth-order valence-electron chi connectivity index (χ4n) is 2.85. The van der Waals surface area contributed by atoms with Gasteiger partial charge in [-0.2, -0.15) is 0 Å². The maximum atomic E-state index is 12.6. The first-order chi connectivity index (χ1) is 14.2. The number of methoxy groups -OCH3 is 1. The molecule has 0 spiro atoms. The molecule has 0 atom stereocenters. The molecular weight excluding hydrogens is 374 g/mol. The van der Waals surface area contributed by atoms with Crippen LogP contribution in [0.25, 0.3) is 11.0 Å². The smallest absolute Gasteiger partial charge is 0.294 e. The van der Waals surface area contributed by atoms with Gasteiger partial charge in [-0.25, -0.2) is 0 Å². The molecule has 0 bridgehead atoms. The van der Waals surface area contributed by atoms with Crippen molar-refractivity contribution < 1.29 is 23.7 Å². The van der Waals surface area contributed by atoms with Crippen LogP contribution in [0.4, 0.5) is 0 Å². The van der Waals surface area contributed by atoms with E-state index < -0.39 is 5.43 Å². The molecule has 0 aliphatic rings. The minimum atomic E-state index is -0.472. The van der Waals surface area contributed by atoms with Gasteiger partial charge in [0.25, 0.3) is 5.95 Å². The Kier molecular flexibility index (Phi) is 5.03. The first-order valence-electron chi connectivity index (χ1n) is 8.78. The van der Waals surface area contributed by atoms with Crippen molar-refractivity contribution >= 4 is 11.0 Å². The minimum absolute atomic E-state index is 0.0176. The zero-order chi connectivity index (χ0) is 20.2. The minimum Gasteiger partial charge on any atom is -0.504 e. The van der Waals surface area contributed by atoms with E-state index >= 15 is 0 Å². The molecule has 7 nitrogen and oxygen atoms in total. The molecule has 0 aliphatic heterocycles. The number of pyridine rings is 1. The molecule has 2 aromatic carbocycles. The van der Waals surface area contributed by atoms with Crippen LogP contribution in [0.3, 0.4) is 0 Å². The van der Waals surface area contributed by atoms with Crippen LogP contribution >= 0.6 is 0 Å². The summed E-state index contributed by atoms with van der Waals surface area (Å²) >= 11 is 0. The Morgan fingerprint density at radius 3 is 2.55 bits per heavy atom. The van der Waals surface area contributed by atoms with Gasteiger partial charge >= 0.3 is 0 Å². The van der Waals surface area contributed by atoms with Crippen molar-refractivity contribution in [1.29, 1.82) is 0 Å². The summed E-state index contributed by atoms with van der Waals surface area (Å²) in [7, 11) is 1.39. The van der Waals surface area contributed by atoms with Crippen molar-refractivity contribution in [3.8, 4) is 28.9 Å². The number of phenols is 1. The predicted octanol–water partition coefficient (Wildman–Crippen LogP) is 4.27. The van der Waals surface area contributed by atoms with Crippen LogP contribution < -0.4 is 19.6 Å². The number of hydrogen-bond acceptors (Lipinski definition) is 7. The average Bonchev–Trinajstić information content (AvgIpc) is 2.73. The summed E-state index contributed by atoms with van der Waals surface area (Å²) in [6.07, 6.45) is 3.11. The number of nitrogens with zero attached hydrogens (tertiary/aromatic N) is 1. The molecular formula is C22H17NO6. The predicted molar refractivity (Wildman–Crippen MR) is 106 cm³/mol. The van der Waals surface area contributed by atoms with Gasteiger partial charge in [-0.05, 0) is 17.7 Å². The highest BCUT2D eigenvalue weighted by atomic mass is 16.6. The van der Waals surface area contributed by atoms with E-state index in [4.69, 9.17) is 18.6 Å². The van der Waals surface area contributed by atoms with E-state index in [0.717, 1.165) is 11.6 Å². The molecule has 146 valence electrons. The van der Waals surface area contributed by atoms with Gasteiger partial charge in [-0.3, -0.25) is 9.78 Å². The quantitative estimate of drug-likeness (QED) is 0.525. The monoisotopic (exact) mass is 391 g/mol. The normalized spacial score (nSPS) is 10.7. The largest absolute Gasteiger partial charge is 0.504 e. The van der Waals surface area contributed by atoms with E-state index in [1.807, 2.05) is 30.3 Å². The Bertz CT molecular complexity index is 1190. The summed E-state index contributed by atoms with van der Waals surface area (Å²) < 4.78 is 22.3. The van der Waals surface area contributed by atoms with Gasteiger partial charge in [0.05, 0.1) is 13.2 Å². The summed E-state index contributed by atoms with van der Waals surface area (Å²) in [5.41, 5.74) is 0.578. The number of fused-ring (bicyclic) bond motifs is 1. The first kappa shape index (κ1) is 18.4. The molecule has 0 amide bonds. The number of aromatic nitrogens is 1. The van der Waals surface area contributed by atoms with Crippen molar-refractivity contribution in [3.63, 3.8) is 0 Å². The molecule has 4 aromatic rings. The van der Waals surface area contributed by atoms with Crippen LogP contribution in [0.5, 0.6) is 28.9 Å². The molecule has 29 heavy (non-hydrogen) atoms. The number of hydrogen-bond donors (Lipinski definition) is 1. The summed E-state index contributed by atoms with van der Waals surface area (Å²) in [5, 5.41) is 10.6. The van der Waals surface area contributed by atoms with Gasteiger partial charge in [0.1, 0.15) is 23.3 Å². The Labute approximate surface area is 165 Å². The van der Waals surface area contributed by atoms with Crippen LogP contribution in [-0.4, -0.2) is 17.2 Å². The van der Waals surface area contributed by atoms with Crippen molar-refractivity contribution in [2.75, 3.05) is 7.11 Å². The van der Waals surface area contributed by atoms with Gasteiger partial charge < -0.3 is 23.7 Å². The molecule has 0 unspecified atom stereocenters. The lowest BCUT2D eigenvalue weighted by atomic mass is 10.1. The van der Waals surface area contributed by atoms with Crippen molar-refractivity contribution in [3.05, 3.63) is 82.8 Å². The van der Waals surface area contributed by atoms with Gasteiger partial charge in [-0.15, -0.1) is 0 Å². The van der Waals surface area contributed by atoms with Crippen molar-refractivity contribution in [2.45, 2.75) is 6.61 Å². The highest BCUT2D eigenvalue weighted by Crippen LogP contribution is 2.42. The lowest BCUT2D eigenvalue weighted by Gasteiger charge is -2.14. The second kappa shape index (κ2) is 7.93. The second-order valence-corrected chi connectivity index (χ2v) is 6.12. The van der Waals surface area contributed by atoms with E-state index in [-0.39, 0.29) is 40.8 Å². The Morgan fingerprint density at radius 1 is 1.07 bits per heavy atom. The second-order valence-electron chi connectivity index (χ2n) is 6.12. The third-order valence-corrected chi connectivity index (χ3v) is 4.20. The molecule has 0 saturated heterocycles. The number of benzene rings is 2. The van der Waals surface area contributed by atoms with Gasteiger partial charge in [-0.1, -0.05) is 30.3 Å². The van der Waals surface area contributed by atoms with Crippen LogP contribution in [0.1, 0.15) is 5.56 Å². The maximum Gasteiger partial charge on any atom is 0.294 e. The van der Waals surface area contributed by atoms with Gasteiger partial charge in [0.15, 0.2) is 11.5 Å². The molecule has 2 heterocycles. The van der Waals surface area contributed by atoms with Crippen LogP contribution in [-0.2, 0) is 6.61 Å². The molecule has 2 aromatic heterocycles. The standard InChI is InChI=1S/C22H17NO6/c1-26-22-18(27-13-14-5-3-2-4-6-14)12-17-20(21(22)25)16(24)11-19(29-17)28-15-7-9-23-10-8-15/h2-12,25H,13H2,1H3. The molecule has 7 heteroatoms. The number of phenolic OH excluding ortho intramolecular Hbond substituents is 1. The Morgan fingerprint density at radius 2 is 1.83 bits per heavy atom. The van der Waals surface area contributed by atoms with E-state index in [1.54, 1.807) is 24.5 Å². The van der Waals surface area contributed by atoms with Crippen LogP contribution in [0.2, 0.25) is 0 Å². The summed E-state index contributed by atoms with van der Waals surface area (Å²) in [6, 6.07) is 15.4. The molecule has 0 fully saturated rings. The van der Waals surface area contributed by atoms with Gasteiger partial charge in [0.2, 0.25) is 11.2 Å². The molecule has 0 aliphatic carbocycles. The fourth-order valence-corrected chi connectivity index (χ4v) is 2.85. The third-order valence-electron chi connectivity index (χ3n) is 4.20. The van der Waals surface area contributed by atoms with Crippen molar-refractivity contribution in [1.82, 2.24) is 4.98 Å². The Hall–Kier alpha value is -4.00. The van der Waals surface area contributed by atoms with Crippen molar-refractivity contribution in [2.24, 2.45) is 0 Å². The SMILES string of the molecule is COc1c(OCc2ccccc2)cc2oc(Oc3ccncc3)cc(=O)c2c1O. The molecule has 0 saturated carbocycles. The summed E-state index contributed by atoms with van der Waals surface area (Å²) in [5.74, 6) is 0.388. The number of rotatable bonds is 6. The van der Waals surface area contributed by atoms with Crippen LogP contribution in [0, 0.1) is 0 Å². The maximum absolute atomic E-state index is 12.6. The fraction of sp³-hybridized carbons (Fsp3) is 0.0909. The lowest BCUT2D eigenvalue weighted by molar-refractivity contribution is 0.277. The molecule has 0 radical (unpaired) electrons. The number of aromatic hydroxyl groups is 1. The highest BCUT2D eigenvalue weighted by Gasteiger charge is 2.20. The summed E-state index contributed by atoms with van der Waals surface area (Å²) in [6.45, 7) is 0.250. The van der Waals surface area contributed by atoms with Crippen LogP contribution in [0.15, 0.2) is 76.2 Å². The topological polar surface area (TPSA) is 91.0 Å². The summed E-state index contributed by atoms with van der Waals surface area (Å²) in [4.78, 5) is 16.5. The Balaban J connectivity index is 1.74. The molecule has 1 N–H and O–H groups in total. The first-order valence-corrected chi connectivity index (χ1v) is 8.78. The lowest BCUT2D eigenvalue weighted by Crippen LogP contribution is -2.04. The molecule has 4 rings (SSSR count). The number of ether oxygens (including phenoxy) is 3. The zero-order valence-corrected chi connectivity index (χ0v) is 15.5. The van der Waals surface area contributed by atoms with E-state index in [0.29, 0.717) is 5.75 Å². The zero-order valence-electron chi connectivity index (χ0n) is 15.5. The van der Waals surface area contributed by atoms with Gasteiger partial charge in [0, 0.05) is 18.5 Å². The van der Waals surface area contributed by atoms with E-state index in [2.05, 4.69) is 4.98 Å². The highest BCUT2D eigenvalue weighted by molar-refractivity contribution is 5.88. The average molecular weight is 391 g/mol. The third kappa shape index (κ3) is 3.84.